The minimum atomic E-state index is 0.740. The van der Waals surface area contributed by atoms with Gasteiger partial charge in [-0.05, 0) is 27.7 Å². The molecule has 2 nitrogen and oxygen atoms in total. The first-order chi connectivity index (χ1) is 4.43. The Morgan fingerprint density at radius 1 is 1.67 bits per heavy atom. The maximum atomic E-state index is 5.39. The molecule has 0 saturated carbocycles. The fourth-order valence-corrected chi connectivity index (χ4v) is 1.08. The lowest BCUT2D eigenvalue weighted by Crippen LogP contribution is -1.83. The summed E-state index contributed by atoms with van der Waals surface area (Å²) in [4.78, 5) is 7.72. The minimum Gasteiger partial charge on any atom is -0.245 e. The highest BCUT2D eigenvalue weighted by Gasteiger charge is 1.88. The van der Waals surface area contributed by atoms with Crippen LogP contribution in [0.15, 0.2) is 18.6 Å². The number of hydrogen-bond donors (Lipinski definition) is 0. The summed E-state index contributed by atoms with van der Waals surface area (Å²) in [6.45, 7) is 0. The molecule has 0 saturated heterocycles. The van der Waals surface area contributed by atoms with Crippen LogP contribution in [0.4, 0.5) is 0 Å². The van der Waals surface area contributed by atoms with Crippen molar-refractivity contribution in [1.29, 1.82) is 0 Å². The third-order valence-corrected chi connectivity index (χ3v) is 1.58. The van der Waals surface area contributed by atoms with Crippen LogP contribution in [0, 0.1) is 0 Å². The zero-order valence-corrected chi connectivity index (χ0v) is 6.19. The molecule has 0 N–H and O–H groups in total. The topological polar surface area (TPSA) is 25.8 Å². The Bertz CT molecular complexity index is 168. The smallest absolute Gasteiger partial charge is 0.115 e. The summed E-state index contributed by atoms with van der Waals surface area (Å²) in [5.74, 6) is 0.740. The number of hydrogen-bond acceptors (Lipinski definition) is 3. The Morgan fingerprint density at radius 2 is 2.56 bits per heavy atom. The molecule has 0 radical (unpaired) electrons. The van der Waals surface area contributed by atoms with Gasteiger partial charge in [0.05, 0.1) is 11.4 Å². The average Bonchev–Trinajstić information content (AvgIpc) is 1.91. The van der Waals surface area contributed by atoms with Crippen molar-refractivity contribution in [3.05, 3.63) is 24.3 Å². The first kappa shape index (κ1) is 6.83. The standard InChI is InChI=1S/C5H5ClN2S/c6-9-3-5-1-2-7-4-8-5/h1-2,4H,3H2. The summed E-state index contributed by atoms with van der Waals surface area (Å²) >= 11 is 0. The van der Waals surface area contributed by atoms with Crippen LogP contribution in [0.5, 0.6) is 0 Å². The second kappa shape index (κ2) is 3.69. The summed E-state index contributed by atoms with van der Waals surface area (Å²) < 4.78 is 0. The van der Waals surface area contributed by atoms with E-state index in [0.29, 0.717) is 0 Å². The molecule has 0 bridgehead atoms. The van der Waals surface area contributed by atoms with Gasteiger partial charge >= 0.3 is 0 Å². The van der Waals surface area contributed by atoms with E-state index in [1.807, 2.05) is 6.07 Å². The molecule has 48 valence electrons. The van der Waals surface area contributed by atoms with E-state index in [1.54, 1.807) is 6.20 Å². The minimum absolute atomic E-state index is 0.740. The van der Waals surface area contributed by atoms with E-state index in [1.165, 1.54) is 17.3 Å². The highest BCUT2D eigenvalue weighted by molar-refractivity contribution is 8.20. The monoisotopic (exact) mass is 160 g/mol. The van der Waals surface area contributed by atoms with Crippen molar-refractivity contribution >= 4 is 21.7 Å². The lowest BCUT2D eigenvalue weighted by atomic mass is 10.5. The molecular weight excluding hydrogens is 156 g/mol. The van der Waals surface area contributed by atoms with Crippen molar-refractivity contribution in [2.75, 3.05) is 0 Å². The van der Waals surface area contributed by atoms with Gasteiger partial charge in [-0.3, -0.25) is 0 Å². The molecule has 1 rings (SSSR count). The molecule has 0 fully saturated rings. The van der Waals surface area contributed by atoms with Crippen LogP contribution in [0.25, 0.3) is 0 Å². The molecule has 0 amide bonds. The Balaban J connectivity index is 2.61. The SMILES string of the molecule is ClSCc1ccncn1. The van der Waals surface area contributed by atoms with E-state index in [2.05, 4.69) is 9.97 Å². The van der Waals surface area contributed by atoms with Gasteiger partial charge in [0.25, 0.3) is 0 Å². The molecule has 1 heterocycles. The highest BCUT2D eigenvalue weighted by Crippen LogP contribution is 2.11. The normalized spacial score (nSPS) is 9.44. The average molecular weight is 161 g/mol. The van der Waals surface area contributed by atoms with Gasteiger partial charge in [0.2, 0.25) is 0 Å². The maximum absolute atomic E-state index is 5.39. The van der Waals surface area contributed by atoms with Gasteiger partial charge in [-0.25, -0.2) is 9.97 Å². The van der Waals surface area contributed by atoms with E-state index in [9.17, 15) is 0 Å². The van der Waals surface area contributed by atoms with Gasteiger partial charge in [-0.1, -0.05) is 0 Å². The first-order valence-electron chi connectivity index (χ1n) is 2.42. The van der Waals surface area contributed by atoms with Gasteiger partial charge in [0, 0.05) is 6.20 Å². The van der Waals surface area contributed by atoms with Crippen molar-refractivity contribution in [1.82, 2.24) is 9.97 Å². The molecule has 9 heavy (non-hydrogen) atoms. The molecule has 0 unspecified atom stereocenters. The Kier molecular flexibility index (Phi) is 2.80. The molecule has 0 aliphatic heterocycles. The molecule has 0 aromatic carbocycles. The predicted octanol–water partition coefficient (Wildman–Crippen LogP) is 1.86. The van der Waals surface area contributed by atoms with Crippen LogP contribution in [-0.2, 0) is 5.75 Å². The summed E-state index contributed by atoms with van der Waals surface area (Å²) in [5, 5.41) is 0. The molecule has 0 aliphatic carbocycles. The van der Waals surface area contributed by atoms with E-state index in [-0.39, 0.29) is 0 Å². The molecular formula is C5H5ClN2S. The van der Waals surface area contributed by atoms with Gasteiger partial charge < -0.3 is 0 Å². The van der Waals surface area contributed by atoms with Crippen molar-refractivity contribution in [3.63, 3.8) is 0 Å². The van der Waals surface area contributed by atoms with Crippen LogP contribution in [0.3, 0.4) is 0 Å². The lowest BCUT2D eigenvalue weighted by Gasteiger charge is -1.90. The Hall–Kier alpha value is -0.280. The summed E-state index contributed by atoms with van der Waals surface area (Å²) in [6.07, 6.45) is 3.22. The van der Waals surface area contributed by atoms with Gasteiger partial charge in [0.1, 0.15) is 6.33 Å². The zero-order valence-electron chi connectivity index (χ0n) is 4.62. The third kappa shape index (κ3) is 2.20. The van der Waals surface area contributed by atoms with E-state index < -0.39 is 0 Å². The van der Waals surface area contributed by atoms with Crippen molar-refractivity contribution < 1.29 is 0 Å². The number of nitrogens with zero attached hydrogens (tertiary/aromatic N) is 2. The fourth-order valence-electron chi connectivity index (χ4n) is 0.459. The van der Waals surface area contributed by atoms with E-state index in [4.69, 9.17) is 10.7 Å². The fraction of sp³-hybridized carbons (Fsp3) is 0.200. The lowest BCUT2D eigenvalue weighted by molar-refractivity contribution is 1.09. The van der Waals surface area contributed by atoms with E-state index >= 15 is 0 Å². The molecule has 0 spiro atoms. The molecule has 0 aliphatic rings. The number of rotatable bonds is 2. The van der Waals surface area contributed by atoms with Gasteiger partial charge in [0.15, 0.2) is 0 Å². The predicted molar refractivity (Wildman–Crippen MR) is 39.2 cm³/mol. The second-order valence-electron chi connectivity index (χ2n) is 1.45. The van der Waals surface area contributed by atoms with E-state index in [0.717, 1.165) is 11.4 Å². The third-order valence-electron chi connectivity index (χ3n) is 0.846. The maximum Gasteiger partial charge on any atom is 0.115 e. The molecule has 0 atom stereocenters. The van der Waals surface area contributed by atoms with Crippen molar-refractivity contribution in [2.24, 2.45) is 0 Å². The van der Waals surface area contributed by atoms with Crippen molar-refractivity contribution in [2.45, 2.75) is 5.75 Å². The number of aromatic nitrogens is 2. The molecule has 1 aromatic rings. The van der Waals surface area contributed by atoms with Gasteiger partial charge in [-0.2, -0.15) is 0 Å². The van der Waals surface area contributed by atoms with Crippen LogP contribution in [-0.4, -0.2) is 9.97 Å². The van der Waals surface area contributed by atoms with Crippen LogP contribution >= 0.6 is 21.7 Å². The summed E-state index contributed by atoms with van der Waals surface area (Å²) in [6, 6.07) is 1.84. The largest absolute Gasteiger partial charge is 0.245 e. The van der Waals surface area contributed by atoms with Crippen LogP contribution in [0.1, 0.15) is 5.69 Å². The first-order valence-corrected chi connectivity index (χ1v) is 4.23. The zero-order chi connectivity index (χ0) is 6.53. The summed E-state index contributed by atoms with van der Waals surface area (Å²) in [5.41, 5.74) is 0.963. The highest BCUT2D eigenvalue weighted by atomic mass is 35.7. The van der Waals surface area contributed by atoms with Crippen molar-refractivity contribution in [3.8, 4) is 0 Å². The molecule has 1 aromatic heterocycles. The van der Waals surface area contributed by atoms with Crippen LogP contribution < -0.4 is 0 Å². The summed E-state index contributed by atoms with van der Waals surface area (Å²) in [7, 11) is 6.63. The van der Waals surface area contributed by atoms with Crippen LogP contribution in [0.2, 0.25) is 0 Å². The number of halogens is 1. The van der Waals surface area contributed by atoms with Gasteiger partial charge in [-0.15, -0.1) is 0 Å². The molecule has 4 heteroatoms. The Labute approximate surface area is 62.2 Å². The second-order valence-corrected chi connectivity index (χ2v) is 2.62. The Morgan fingerprint density at radius 3 is 3.11 bits per heavy atom. The quantitative estimate of drug-likeness (QED) is 0.661.